The van der Waals surface area contributed by atoms with Gasteiger partial charge in [0.05, 0.1) is 11.7 Å². The first-order valence-corrected chi connectivity index (χ1v) is 12.3. The number of carbonyl (C=O) groups excluding carboxylic acids is 1. The van der Waals surface area contributed by atoms with Crippen molar-refractivity contribution in [2.75, 3.05) is 0 Å². The van der Waals surface area contributed by atoms with E-state index in [-0.39, 0.29) is 28.8 Å². The summed E-state index contributed by atoms with van der Waals surface area (Å²) < 4.78 is 13.1. The average molecular weight is 351 g/mol. The van der Waals surface area contributed by atoms with Crippen molar-refractivity contribution in [1.82, 2.24) is 0 Å². The number of allylic oxidation sites excluding steroid dienone is 2. The van der Waals surface area contributed by atoms with Crippen molar-refractivity contribution in [1.29, 1.82) is 0 Å². The minimum absolute atomic E-state index is 0.0918. The van der Waals surface area contributed by atoms with Gasteiger partial charge in [-0.1, -0.05) is 32.9 Å². The summed E-state index contributed by atoms with van der Waals surface area (Å²) in [5, 5.41) is 0.0918. The highest BCUT2D eigenvalue weighted by molar-refractivity contribution is 6.74. The summed E-state index contributed by atoms with van der Waals surface area (Å²) in [6.45, 7) is 17.4. The van der Waals surface area contributed by atoms with E-state index in [1.165, 1.54) is 0 Å². The summed E-state index contributed by atoms with van der Waals surface area (Å²) in [4.78, 5) is 13.3. The van der Waals surface area contributed by atoms with Crippen molar-refractivity contribution in [3.05, 3.63) is 12.2 Å². The molecule has 4 heteroatoms. The number of fused-ring (bicyclic) bond motifs is 5. The Morgan fingerprint density at radius 3 is 2.17 bits per heavy atom. The largest absolute Gasteiger partial charge is 0.404 e. The van der Waals surface area contributed by atoms with E-state index in [1.807, 2.05) is 0 Å². The lowest BCUT2D eigenvalue weighted by Crippen LogP contribution is -2.50. The molecular weight excluding hydrogens is 316 g/mol. The minimum atomic E-state index is -2.02. The van der Waals surface area contributed by atoms with Crippen LogP contribution in [0.5, 0.6) is 0 Å². The molecule has 24 heavy (non-hydrogen) atoms. The summed E-state index contributed by atoms with van der Waals surface area (Å²) >= 11 is 0. The SMILES string of the molecule is CC(C)(C)O[C@@H]1[C@H]2[C@H](C(=O)[C@H]1O[Si](C)(C)C(C)(C)C)[C@H]1C=C[C@@H]2C1. The fourth-order valence-electron chi connectivity index (χ4n) is 4.43. The van der Waals surface area contributed by atoms with Gasteiger partial charge in [-0.3, -0.25) is 4.79 Å². The summed E-state index contributed by atoms with van der Waals surface area (Å²) in [7, 11) is -2.02. The van der Waals surface area contributed by atoms with Crippen molar-refractivity contribution >= 4 is 14.1 Å². The van der Waals surface area contributed by atoms with E-state index in [4.69, 9.17) is 9.16 Å². The topological polar surface area (TPSA) is 35.5 Å². The maximum absolute atomic E-state index is 13.3. The Morgan fingerprint density at radius 2 is 1.62 bits per heavy atom. The molecular formula is C20H34O3Si. The molecule has 0 amide bonds. The van der Waals surface area contributed by atoms with Gasteiger partial charge >= 0.3 is 0 Å². The Morgan fingerprint density at radius 1 is 1.04 bits per heavy atom. The van der Waals surface area contributed by atoms with E-state index in [9.17, 15) is 4.79 Å². The van der Waals surface area contributed by atoms with E-state index in [2.05, 4.69) is 66.8 Å². The molecule has 136 valence electrons. The van der Waals surface area contributed by atoms with E-state index >= 15 is 0 Å². The number of hydrogen-bond acceptors (Lipinski definition) is 3. The van der Waals surface area contributed by atoms with Gasteiger partial charge in [0.1, 0.15) is 6.10 Å². The van der Waals surface area contributed by atoms with Crippen LogP contribution in [0.2, 0.25) is 18.1 Å². The Hall–Kier alpha value is -0.453. The van der Waals surface area contributed by atoms with Gasteiger partial charge in [-0.05, 0) is 57.2 Å². The third-order valence-corrected chi connectivity index (χ3v) is 11.0. The van der Waals surface area contributed by atoms with Crippen LogP contribution in [-0.4, -0.2) is 31.9 Å². The summed E-state index contributed by atoms with van der Waals surface area (Å²) in [5.74, 6) is 1.62. The van der Waals surface area contributed by atoms with Crippen LogP contribution >= 0.6 is 0 Å². The smallest absolute Gasteiger partial charge is 0.193 e. The van der Waals surface area contributed by atoms with Gasteiger partial charge in [0.15, 0.2) is 14.1 Å². The number of carbonyl (C=O) groups is 1. The van der Waals surface area contributed by atoms with Crippen molar-refractivity contribution in [3.8, 4) is 0 Å². The molecule has 0 aromatic heterocycles. The number of rotatable bonds is 3. The molecule has 0 N–H and O–H groups in total. The van der Waals surface area contributed by atoms with Gasteiger partial charge in [-0.15, -0.1) is 0 Å². The van der Waals surface area contributed by atoms with Crippen LogP contribution in [0.1, 0.15) is 48.0 Å². The highest BCUT2D eigenvalue weighted by Crippen LogP contribution is 2.56. The van der Waals surface area contributed by atoms with Crippen LogP contribution in [-0.2, 0) is 14.0 Å². The molecule has 2 saturated carbocycles. The zero-order valence-electron chi connectivity index (χ0n) is 16.6. The molecule has 2 bridgehead atoms. The van der Waals surface area contributed by atoms with E-state index in [0.717, 1.165) is 6.42 Å². The van der Waals surface area contributed by atoms with Crippen molar-refractivity contribution in [2.24, 2.45) is 23.7 Å². The van der Waals surface area contributed by atoms with Crippen LogP contribution in [0.25, 0.3) is 0 Å². The quantitative estimate of drug-likeness (QED) is 0.552. The first-order valence-electron chi connectivity index (χ1n) is 9.39. The van der Waals surface area contributed by atoms with Gasteiger partial charge in [0.25, 0.3) is 0 Å². The average Bonchev–Trinajstić information content (AvgIpc) is 3.04. The summed E-state index contributed by atoms with van der Waals surface area (Å²) in [5.41, 5.74) is -0.263. The third kappa shape index (κ3) is 2.95. The van der Waals surface area contributed by atoms with Crippen LogP contribution in [0.15, 0.2) is 12.2 Å². The molecule has 0 heterocycles. The van der Waals surface area contributed by atoms with Gasteiger partial charge in [-0.2, -0.15) is 0 Å². The summed E-state index contributed by atoms with van der Waals surface area (Å²) in [6, 6.07) is 0. The Bertz CT molecular complexity index is 552. The first-order chi connectivity index (χ1) is 10.8. The van der Waals surface area contributed by atoms with Crippen molar-refractivity contribution in [3.63, 3.8) is 0 Å². The van der Waals surface area contributed by atoms with Crippen molar-refractivity contribution in [2.45, 2.75) is 83.9 Å². The lowest BCUT2D eigenvalue weighted by atomic mass is 9.84. The number of ketones is 1. The maximum atomic E-state index is 13.3. The number of hydrogen-bond donors (Lipinski definition) is 0. The zero-order chi connectivity index (χ0) is 18.1. The highest BCUT2D eigenvalue weighted by Gasteiger charge is 2.62. The second-order valence-corrected chi connectivity index (χ2v) is 15.2. The summed E-state index contributed by atoms with van der Waals surface area (Å²) in [6.07, 6.45) is 5.21. The molecule has 0 saturated heterocycles. The number of Topliss-reactive ketones (excluding diaryl/α,β-unsaturated/α-hetero) is 1. The Labute approximate surface area is 148 Å². The second kappa shape index (κ2) is 5.52. The molecule has 3 aliphatic carbocycles. The normalized spacial score (nSPS) is 38.9. The standard InChI is InChI=1S/C20H34O3Si/c1-19(2,3)22-17-15-13-10-9-12(11-13)14(15)16(21)18(17)23-24(7,8)20(4,5)6/h9-10,12-15,17-18H,11H2,1-8H3/t12-,13+,14+,15+,17+,18+/m0/s1. The fourth-order valence-corrected chi connectivity index (χ4v) is 5.67. The first kappa shape index (κ1) is 18.3. The minimum Gasteiger partial charge on any atom is -0.404 e. The van der Waals surface area contributed by atoms with Gasteiger partial charge in [-0.25, -0.2) is 0 Å². The van der Waals surface area contributed by atoms with Crippen LogP contribution < -0.4 is 0 Å². The predicted molar refractivity (Wildman–Crippen MR) is 99.4 cm³/mol. The Balaban J connectivity index is 1.91. The molecule has 6 atom stereocenters. The van der Waals surface area contributed by atoms with Crippen LogP contribution in [0, 0.1) is 23.7 Å². The van der Waals surface area contributed by atoms with Crippen LogP contribution in [0.4, 0.5) is 0 Å². The molecule has 2 fully saturated rings. The molecule has 0 unspecified atom stereocenters. The fraction of sp³-hybridized carbons (Fsp3) is 0.850. The van der Waals surface area contributed by atoms with Crippen LogP contribution in [0.3, 0.4) is 0 Å². The molecule has 0 aromatic rings. The van der Waals surface area contributed by atoms with E-state index < -0.39 is 8.32 Å². The maximum Gasteiger partial charge on any atom is 0.193 e. The second-order valence-electron chi connectivity index (χ2n) is 10.4. The van der Waals surface area contributed by atoms with Crippen molar-refractivity contribution < 1.29 is 14.0 Å². The molecule has 0 aliphatic heterocycles. The van der Waals surface area contributed by atoms with E-state index in [0.29, 0.717) is 23.5 Å². The molecule has 0 spiro atoms. The Kier molecular flexibility index (Phi) is 4.22. The lowest BCUT2D eigenvalue weighted by molar-refractivity contribution is -0.138. The van der Waals surface area contributed by atoms with Gasteiger partial charge < -0.3 is 9.16 Å². The monoisotopic (exact) mass is 350 g/mol. The third-order valence-electron chi connectivity index (χ3n) is 6.52. The van der Waals surface area contributed by atoms with E-state index in [1.54, 1.807) is 0 Å². The zero-order valence-corrected chi connectivity index (χ0v) is 17.6. The van der Waals surface area contributed by atoms with Gasteiger partial charge in [0.2, 0.25) is 0 Å². The predicted octanol–water partition coefficient (Wildman–Crippen LogP) is 4.58. The molecule has 3 rings (SSSR count). The molecule has 3 nitrogen and oxygen atoms in total. The number of ether oxygens (including phenoxy) is 1. The highest BCUT2D eigenvalue weighted by atomic mass is 28.4. The van der Waals surface area contributed by atoms with Gasteiger partial charge in [0, 0.05) is 11.8 Å². The molecule has 0 radical (unpaired) electrons. The lowest BCUT2D eigenvalue weighted by Gasteiger charge is -2.41. The molecule has 3 aliphatic rings. The molecule has 0 aromatic carbocycles.